The fourth-order valence-corrected chi connectivity index (χ4v) is 2.85. The van der Waals surface area contributed by atoms with Gasteiger partial charge in [0.25, 0.3) is 0 Å². The van der Waals surface area contributed by atoms with Crippen LogP contribution in [0.2, 0.25) is 0 Å². The van der Waals surface area contributed by atoms with E-state index in [9.17, 15) is 0 Å². The lowest BCUT2D eigenvalue weighted by molar-refractivity contribution is 0.0439. The Labute approximate surface area is 126 Å². The summed E-state index contributed by atoms with van der Waals surface area (Å²) in [6.07, 6.45) is 5.68. The van der Waals surface area contributed by atoms with Gasteiger partial charge in [-0.25, -0.2) is 0 Å². The molecule has 110 valence electrons. The molecule has 0 bridgehead atoms. The van der Waals surface area contributed by atoms with Crippen molar-refractivity contribution >= 4 is 0 Å². The minimum atomic E-state index is -0.0930. The second-order valence-corrected chi connectivity index (χ2v) is 5.94. The molecule has 1 aromatic carbocycles. The Morgan fingerprint density at radius 3 is 2.76 bits per heavy atom. The number of benzene rings is 1. The minimum Gasteiger partial charge on any atom is -0.487 e. The van der Waals surface area contributed by atoms with Crippen LogP contribution < -0.4 is 10.1 Å². The van der Waals surface area contributed by atoms with Crippen molar-refractivity contribution < 1.29 is 4.74 Å². The van der Waals surface area contributed by atoms with Crippen LogP contribution in [-0.2, 0) is 6.54 Å². The van der Waals surface area contributed by atoms with Gasteiger partial charge in [-0.15, -0.1) is 0 Å². The number of aromatic nitrogens is 1. The van der Waals surface area contributed by atoms with E-state index >= 15 is 0 Å². The number of hydrogen-bond donors (Lipinski definition) is 1. The van der Waals surface area contributed by atoms with Gasteiger partial charge in [0.15, 0.2) is 0 Å². The predicted octanol–water partition coefficient (Wildman–Crippen LogP) is 3.86. The van der Waals surface area contributed by atoms with E-state index in [1.807, 2.05) is 18.5 Å². The van der Waals surface area contributed by atoms with Gasteiger partial charge in [-0.2, -0.15) is 0 Å². The molecule has 0 spiro atoms. The molecule has 2 atom stereocenters. The van der Waals surface area contributed by atoms with Crippen LogP contribution >= 0.6 is 0 Å². The molecule has 0 radical (unpaired) electrons. The highest BCUT2D eigenvalue weighted by atomic mass is 16.5. The second-order valence-electron chi connectivity index (χ2n) is 5.94. The zero-order valence-electron chi connectivity index (χ0n) is 12.7. The van der Waals surface area contributed by atoms with Crippen LogP contribution in [0.25, 0.3) is 0 Å². The molecule has 3 nitrogen and oxygen atoms in total. The summed E-state index contributed by atoms with van der Waals surface area (Å²) in [5.74, 6) is 1.01. The Kier molecular flexibility index (Phi) is 3.93. The van der Waals surface area contributed by atoms with Crippen LogP contribution in [0.1, 0.15) is 43.9 Å². The highest BCUT2D eigenvalue weighted by molar-refractivity contribution is 5.38. The van der Waals surface area contributed by atoms with Crippen molar-refractivity contribution in [2.24, 2.45) is 0 Å². The molecule has 2 aromatic rings. The normalized spacial score (nSPS) is 24.2. The molecule has 2 heterocycles. The van der Waals surface area contributed by atoms with Crippen LogP contribution in [-0.4, -0.2) is 10.6 Å². The monoisotopic (exact) mass is 282 g/mol. The summed E-state index contributed by atoms with van der Waals surface area (Å²) in [6, 6.07) is 12.8. The third-order valence-electron chi connectivity index (χ3n) is 4.34. The zero-order valence-corrected chi connectivity index (χ0v) is 12.7. The van der Waals surface area contributed by atoms with Crippen LogP contribution in [0.5, 0.6) is 5.75 Å². The van der Waals surface area contributed by atoms with Crippen molar-refractivity contribution in [3.8, 4) is 5.75 Å². The van der Waals surface area contributed by atoms with Crippen LogP contribution in [0.3, 0.4) is 0 Å². The summed E-state index contributed by atoms with van der Waals surface area (Å²) < 4.78 is 6.20. The molecule has 21 heavy (non-hydrogen) atoms. The first-order valence-electron chi connectivity index (χ1n) is 7.60. The van der Waals surface area contributed by atoms with E-state index in [2.05, 4.69) is 54.5 Å². The van der Waals surface area contributed by atoms with Crippen molar-refractivity contribution in [2.45, 2.75) is 44.9 Å². The first-order valence-corrected chi connectivity index (χ1v) is 7.60. The van der Waals surface area contributed by atoms with Gasteiger partial charge >= 0.3 is 0 Å². The van der Waals surface area contributed by atoms with Crippen LogP contribution in [0, 0.1) is 0 Å². The molecule has 0 saturated carbocycles. The lowest BCUT2D eigenvalue weighted by Crippen LogP contribution is -2.41. The third-order valence-corrected chi connectivity index (χ3v) is 4.34. The predicted molar refractivity (Wildman–Crippen MR) is 84.2 cm³/mol. The molecule has 1 aliphatic heterocycles. The summed E-state index contributed by atoms with van der Waals surface area (Å²) in [4.78, 5) is 4.06. The van der Waals surface area contributed by atoms with Gasteiger partial charge in [0.05, 0.1) is 0 Å². The Morgan fingerprint density at radius 2 is 2.00 bits per heavy atom. The second kappa shape index (κ2) is 5.86. The van der Waals surface area contributed by atoms with E-state index < -0.39 is 0 Å². The first-order chi connectivity index (χ1) is 10.2. The van der Waals surface area contributed by atoms with Gasteiger partial charge in [-0.1, -0.05) is 25.1 Å². The van der Waals surface area contributed by atoms with Crippen molar-refractivity contribution in [2.75, 3.05) is 0 Å². The zero-order chi connectivity index (χ0) is 14.7. The molecule has 1 N–H and O–H groups in total. The first kappa shape index (κ1) is 14.1. The largest absolute Gasteiger partial charge is 0.487 e. The lowest BCUT2D eigenvalue weighted by atomic mass is 9.86. The van der Waals surface area contributed by atoms with Crippen molar-refractivity contribution in [3.05, 3.63) is 59.9 Å². The molecule has 1 aliphatic rings. The minimum absolute atomic E-state index is 0.0930. The lowest BCUT2D eigenvalue weighted by Gasteiger charge is -2.40. The summed E-state index contributed by atoms with van der Waals surface area (Å²) in [6.45, 7) is 5.24. The van der Waals surface area contributed by atoms with Gasteiger partial charge in [0, 0.05) is 37.0 Å². The van der Waals surface area contributed by atoms with Gasteiger partial charge in [0.1, 0.15) is 11.4 Å². The highest BCUT2D eigenvalue weighted by Gasteiger charge is 2.35. The van der Waals surface area contributed by atoms with Crippen molar-refractivity contribution in [3.63, 3.8) is 0 Å². The number of nitrogens with zero attached hydrogens (tertiary/aromatic N) is 1. The molecule has 0 saturated heterocycles. The van der Waals surface area contributed by atoms with Gasteiger partial charge < -0.3 is 10.1 Å². The summed E-state index contributed by atoms with van der Waals surface area (Å²) >= 11 is 0. The van der Waals surface area contributed by atoms with Gasteiger partial charge in [-0.05, 0) is 37.1 Å². The van der Waals surface area contributed by atoms with Crippen LogP contribution in [0.15, 0.2) is 48.8 Å². The SMILES string of the molecule is CCC1(C)CC(NCc2ccncc2)c2ccccc2O1. The van der Waals surface area contributed by atoms with Gasteiger partial charge in [-0.3, -0.25) is 4.98 Å². The average Bonchev–Trinajstić information content (AvgIpc) is 2.53. The average molecular weight is 282 g/mol. The van der Waals surface area contributed by atoms with Crippen LogP contribution in [0.4, 0.5) is 0 Å². The maximum absolute atomic E-state index is 6.20. The number of fused-ring (bicyclic) bond motifs is 1. The number of rotatable bonds is 4. The van der Waals surface area contributed by atoms with Crippen molar-refractivity contribution in [1.82, 2.24) is 10.3 Å². The number of ether oxygens (including phenoxy) is 1. The topological polar surface area (TPSA) is 34.2 Å². The van der Waals surface area contributed by atoms with E-state index in [0.29, 0.717) is 6.04 Å². The maximum atomic E-state index is 6.20. The van der Waals surface area contributed by atoms with E-state index in [1.165, 1.54) is 11.1 Å². The molecule has 0 aliphatic carbocycles. The molecule has 0 fully saturated rings. The molecule has 1 aromatic heterocycles. The Morgan fingerprint density at radius 1 is 1.24 bits per heavy atom. The molecular formula is C18H22N2O. The third kappa shape index (κ3) is 3.08. The fourth-order valence-electron chi connectivity index (χ4n) is 2.85. The molecule has 3 rings (SSSR count). The standard InChI is InChI=1S/C18H22N2O/c1-3-18(2)12-16(15-6-4-5-7-17(15)21-18)20-13-14-8-10-19-11-9-14/h4-11,16,20H,3,12-13H2,1-2H3. The van der Waals surface area contributed by atoms with E-state index in [-0.39, 0.29) is 5.60 Å². The van der Waals surface area contributed by atoms with E-state index in [1.54, 1.807) is 0 Å². The Bertz CT molecular complexity index is 599. The highest BCUT2D eigenvalue weighted by Crippen LogP contribution is 2.40. The number of pyridine rings is 1. The summed E-state index contributed by atoms with van der Waals surface area (Å²) in [5.41, 5.74) is 2.43. The Hall–Kier alpha value is -1.87. The van der Waals surface area contributed by atoms with E-state index in [0.717, 1.165) is 25.1 Å². The Balaban J connectivity index is 1.80. The van der Waals surface area contributed by atoms with Crippen molar-refractivity contribution in [1.29, 1.82) is 0 Å². The number of hydrogen-bond acceptors (Lipinski definition) is 3. The summed E-state index contributed by atoms with van der Waals surface area (Å²) in [7, 11) is 0. The smallest absolute Gasteiger partial charge is 0.124 e. The maximum Gasteiger partial charge on any atom is 0.124 e. The number of para-hydroxylation sites is 1. The molecule has 2 unspecified atom stereocenters. The number of nitrogens with one attached hydrogen (secondary N) is 1. The molecule has 0 amide bonds. The van der Waals surface area contributed by atoms with Gasteiger partial charge in [0.2, 0.25) is 0 Å². The fraction of sp³-hybridized carbons (Fsp3) is 0.389. The molecular weight excluding hydrogens is 260 g/mol. The van der Waals surface area contributed by atoms with E-state index in [4.69, 9.17) is 4.74 Å². The molecule has 3 heteroatoms. The summed E-state index contributed by atoms with van der Waals surface area (Å²) in [5, 5.41) is 3.68. The quantitative estimate of drug-likeness (QED) is 0.924.